The van der Waals surface area contributed by atoms with Gasteiger partial charge >= 0.3 is 6.03 Å². The zero-order chi connectivity index (χ0) is 15.2. The Bertz CT molecular complexity index is 456. The molecule has 0 aromatic carbocycles. The van der Waals surface area contributed by atoms with Crippen LogP contribution in [0, 0.1) is 12.8 Å². The fourth-order valence-electron chi connectivity index (χ4n) is 2.45. The van der Waals surface area contributed by atoms with Crippen LogP contribution >= 0.6 is 11.3 Å². The Morgan fingerprint density at radius 3 is 2.76 bits per heavy atom. The molecule has 1 aromatic rings. The van der Waals surface area contributed by atoms with Gasteiger partial charge in [-0.1, -0.05) is 13.8 Å². The van der Waals surface area contributed by atoms with Crippen LogP contribution in [-0.4, -0.2) is 30.3 Å². The summed E-state index contributed by atoms with van der Waals surface area (Å²) in [6.45, 7) is 7.75. The highest BCUT2D eigenvalue weighted by molar-refractivity contribution is 7.09. The Kier molecular flexibility index (Phi) is 5.99. The Balaban J connectivity index is 1.92. The number of hydrogen-bond acceptors (Lipinski definition) is 4. The molecule has 21 heavy (non-hydrogen) atoms. The summed E-state index contributed by atoms with van der Waals surface area (Å²) in [5, 5.41) is 9.15. The number of ether oxygens (including phenoxy) is 1. The van der Waals surface area contributed by atoms with E-state index in [2.05, 4.69) is 29.5 Å². The van der Waals surface area contributed by atoms with Crippen molar-refractivity contribution < 1.29 is 9.53 Å². The molecule has 2 amide bonds. The highest BCUT2D eigenvalue weighted by Crippen LogP contribution is 2.24. The van der Waals surface area contributed by atoms with Crippen LogP contribution < -0.4 is 10.6 Å². The molecular formula is C15H25N3O2S. The lowest BCUT2D eigenvalue weighted by molar-refractivity contribution is 0.0799. The molecule has 1 unspecified atom stereocenters. The van der Waals surface area contributed by atoms with Crippen molar-refractivity contribution in [3.8, 4) is 0 Å². The van der Waals surface area contributed by atoms with Gasteiger partial charge in [0, 0.05) is 30.3 Å². The smallest absolute Gasteiger partial charge is 0.315 e. The van der Waals surface area contributed by atoms with Gasteiger partial charge in [0.15, 0.2) is 0 Å². The number of aromatic nitrogens is 1. The van der Waals surface area contributed by atoms with Crippen LogP contribution in [0.5, 0.6) is 0 Å². The maximum Gasteiger partial charge on any atom is 0.315 e. The van der Waals surface area contributed by atoms with Gasteiger partial charge in [-0.05, 0) is 32.1 Å². The summed E-state index contributed by atoms with van der Waals surface area (Å²) in [6, 6.07) is 0.112. The van der Waals surface area contributed by atoms with Crippen molar-refractivity contribution in [3.05, 3.63) is 16.1 Å². The first-order valence-corrected chi connectivity index (χ1v) is 8.49. The lowest BCUT2D eigenvalue weighted by Crippen LogP contribution is -2.45. The summed E-state index contributed by atoms with van der Waals surface area (Å²) >= 11 is 1.61. The molecule has 6 heteroatoms. The third kappa shape index (κ3) is 5.28. The van der Waals surface area contributed by atoms with E-state index in [-0.39, 0.29) is 18.1 Å². The first-order chi connectivity index (χ1) is 10.0. The maximum absolute atomic E-state index is 12.2. The average molecular weight is 311 g/mol. The number of carbonyl (C=O) groups is 1. The molecule has 2 heterocycles. The van der Waals surface area contributed by atoms with E-state index in [1.54, 1.807) is 11.3 Å². The van der Waals surface area contributed by atoms with E-state index in [4.69, 9.17) is 4.74 Å². The Hall–Kier alpha value is -1.14. The number of urea groups is 1. The predicted octanol–water partition coefficient (Wildman–Crippen LogP) is 3.02. The molecular weight excluding hydrogens is 286 g/mol. The van der Waals surface area contributed by atoms with E-state index >= 15 is 0 Å². The average Bonchev–Trinajstić information content (AvgIpc) is 2.85. The van der Waals surface area contributed by atoms with Crippen molar-refractivity contribution in [2.24, 2.45) is 5.92 Å². The molecule has 1 aromatic heterocycles. The van der Waals surface area contributed by atoms with Gasteiger partial charge in [-0.2, -0.15) is 0 Å². The van der Waals surface area contributed by atoms with Gasteiger partial charge in [-0.25, -0.2) is 9.78 Å². The SMILES string of the molecule is Cc1csc(C(CC(C)C)NC(=O)NC2CCOCC2)n1. The van der Waals surface area contributed by atoms with Crippen molar-refractivity contribution in [2.75, 3.05) is 13.2 Å². The summed E-state index contributed by atoms with van der Waals surface area (Å²) in [5.41, 5.74) is 1.01. The lowest BCUT2D eigenvalue weighted by Gasteiger charge is -2.25. The van der Waals surface area contributed by atoms with Crippen molar-refractivity contribution in [1.29, 1.82) is 0 Å². The van der Waals surface area contributed by atoms with Crippen LogP contribution in [0.4, 0.5) is 4.79 Å². The normalized spacial score (nSPS) is 17.7. The van der Waals surface area contributed by atoms with Gasteiger partial charge in [0.25, 0.3) is 0 Å². The van der Waals surface area contributed by atoms with Crippen molar-refractivity contribution in [2.45, 2.75) is 52.1 Å². The van der Waals surface area contributed by atoms with Crippen LogP contribution in [0.1, 0.15) is 49.9 Å². The van der Waals surface area contributed by atoms with Gasteiger partial charge < -0.3 is 15.4 Å². The van der Waals surface area contributed by atoms with Crippen molar-refractivity contribution in [3.63, 3.8) is 0 Å². The van der Waals surface area contributed by atoms with Crippen LogP contribution in [0.25, 0.3) is 0 Å². The Morgan fingerprint density at radius 1 is 1.48 bits per heavy atom. The summed E-state index contributed by atoms with van der Waals surface area (Å²) in [5.74, 6) is 0.502. The molecule has 0 spiro atoms. The fraction of sp³-hybridized carbons (Fsp3) is 0.733. The monoisotopic (exact) mass is 311 g/mol. The van der Waals surface area contributed by atoms with Crippen LogP contribution in [0.2, 0.25) is 0 Å². The quantitative estimate of drug-likeness (QED) is 0.878. The molecule has 1 saturated heterocycles. The molecule has 0 aliphatic carbocycles. The number of hydrogen-bond donors (Lipinski definition) is 2. The van der Waals surface area contributed by atoms with E-state index in [0.717, 1.165) is 43.2 Å². The molecule has 1 aliphatic rings. The minimum absolute atomic E-state index is 0.0106. The zero-order valence-corrected chi connectivity index (χ0v) is 13.8. The minimum Gasteiger partial charge on any atom is -0.381 e. The van der Waals surface area contributed by atoms with Gasteiger partial charge in [-0.3, -0.25) is 0 Å². The number of aryl methyl sites for hydroxylation is 1. The summed E-state index contributed by atoms with van der Waals surface area (Å²) < 4.78 is 5.31. The van der Waals surface area contributed by atoms with Gasteiger partial charge in [-0.15, -0.1) is 11.3 Å². The van der Waals surface area contributed by atoms with E-state index in [1.807, 2.05) is 12.3 Å². The number of amides is 2. The topological polar surface area (TPSA) is 63.2 Å². The first-order valence-electron chi connectivity index (χ1n) is 7.61. The largest absolute Gasteiger partial charge is 0.381 e. The van der Waals surface area contributed by atoms with E-state index in [9.17, 15) is 4.79 Å². The maximum atomic E-state index is 12.2. The molecule has 118 valence electrons. The molecule has 0 radical (unpaired) electrons. The summed E-state index contributed by atoms with van der Waals surface area (Å²) in [7, 11) is 0. The summed E-state index contributed by atoms with van der Waals surface area (Å²) in [4.78, 5) is 16.7. The minimum atomic E-state index is -0.0968. The van der Waals surface area contributed by atoms with Gasteiger partial charge in [0.05, 0.1) is 6.04 Å². The van der Waals surface area contributed by atoms with Crippen LogP contribution in [-0.2, 0) is 4.74 Å². The van der Waals surface area contributed by atoms with Crippen molar-refractivity contribution >= 4 is 17.4 Å². The number of nitrogens with zero attached hydrogens (tertiary/aromatic N) is 1. The Labute approximate surface area is 130 Å². The van der Waals surface area contributed by atoms with Crippen LogP contribution in [0.3, 0.4) is 0 Å². The first kappa shape index (κ1) is 16.2. The number of nitrogens with one attached hydrogen (secondary N) is 2. The molecule has 1 atom stereocenters. The number of thiazole rings is 1. The lowest BCUT2D eigenvalue weighted by atomic mass is 10.0. The second kappa shape index (κ2) is 7.75. The second-order valence-electron chi connectivity index (χ2n) is 6.01. The molecule has 1 aliphatic heterocycles. The molecule has 2 rings (SSSR count). The van der Waals surface area contributed by atoms with E-state index in [0.29, 0.717) is 5.92 Å². The van der Waals surface area contributed by atoms with Crippen molar-refractivity contribution in [1.82, 2.24) is 15.6 Å². The molecule has 5 nitrogen and oxygen atoms in total. The molecule has 0 bridgehead atoms. The fourth-order valence-corrected chi connectivity index (χ4v) is 3.31. The number of rotatable bonds is 5. The number of carbonyl (C=O) groups excluding carboxylic acids is 1. The molecule has 1 fully saturated rings. The highest BCUT2D eigenvalue weighted by Gasteiger charge is 2.21. The van der Waals surface area contributed by atoms with Crippen LogP contribution in [0.15, 0.2) is 5.38 Å². The standard InChI is InChI=1S/C15H25N3O2S/c1-10(2)8-13(14-16-11(3)9-21-14)18-15(19)17-12-4-6-20-7-5-12/h9-10,12-13H,4-8H2,1-3H3,(H2,17,18,19). The second-order valence-corrected chi connectivity index (χ2v) is 6.90. The highest BCUT2D eigenvalue weighted by atomic mass is 32.1. The third-order valence-corrected chi connectivity index (χ3v) is 4.58. The molecule has 2 N–H and O–H groups in total. The zero-order valence-electron chi connectivity index (χ0n) is 13.0. The van der Waals surface area contributed by atoms with E-state index in [1.165, 1.54) is 0 Å². The third-order valence-electron chi connectivity index (χ3n) is 3.50. The van der Waals surface area contributed by atoms with E-state index < -0.39 is 0 Å². The van der Waals surface area contributed by atoms with Gasteiger partial charge in [0.1, 0.15) is 5.01 Å². The summed E-state index contributed by atoms with van der Waals surface area (Å²) in [6.07, 6.45) is 2.67. The molecule has 0 saturated carbocycles. The Morgan fingerprint density at radius 2 is 2.19 bits per heavy atom. The predicted molar refractivity (Wildman–Crippen MR) is 84.6 cm³/mol. The van der Waals surface area contributed by atoms with Gasteiger partial charge in [0.2, 0.25) is 0 Å².